The minimum absolute atomic E-state index is 0. The van der Waals surface area contributed by atoms with E-state index in [9.17, 15) is 0 Å². The van der Waals surface area contributed by atoms with E-state index >= 15 is 0 Å². The summed E-state index contributed by atoms with van der Waals surface area (Å²) in [5.41, 5.74) is 1.44. The molecule has 7 nitrogen and oxygen atoms in total. The van der Waals surface area contributed by atoms with Crippen molar-refractivity contribution in [1.82, 2.24) is 10.6 Å². The highest BCUT2D eigenvalue weighted by Crippen LogP contribution is 2.43. The highest BCUT2D eigenvalue weighted by atomic mass is 127. The van der Waals surface area contributed by atoms with Crippen LogP contribution in [0.4, 0.5) is 0 Å². The Labute approximate surface area is 197 Å². The first-order valence-electron chi connectivity index (χ1n) is 10.7. The SMILES string of the molecule is CN=C(NCCCOCCOC)NCC1(c2ccc3c(c2)OCCO3)CCCC1.I. The minimum atomic E-state index is 0. The van der Waals surface area contributed by atoms with Gasteiger partial charge in [-0.05, 0) is 37.0 Å². The number of methoxy groups -OCH3 is 1. The van der Waals surface area contributed by atoms with Gasteiger partial charge in [0.25, 0.3) is 0 Å². The van der Waals surface area contributed by atoms with Gasteiger partial charge in [-0.15, -0.1) is 24.0 Å². The monoisotopic (exact) mass is 533 g/mol. The van der Waals surface area contributed by atoms with Gasteiger partial charge in [-0.25, -0.2) is 0 Å². The smallest absolute Gasteiger partial charge is 0.191 e. The fourth-order valence-electron chi connectivity index (χ4n) is 4.09. The summed E-state index contributed by atoms with van der Waals surface area (Å²) in [5, 5.41) is 6.93. The van der Waals surface area contributed by atoms with Crippen LogP contribution in [0.15, 0.2) is 23.2 Å². The van der Waals surface area contributed by atoms with Crippen molar-refractivity contribution in [3.05, 3.63) is 23.8 Å². The van der Waals surface area contributed by atoms with Gasteiger partial charge in [-0.3, -0.25) is 4.99 Å². The predicted octanol–water partition coefficient (Wildman–Crippen LogP) is 3.11. The van der Waals surface area contributed by atoms with Crippen LogP contribution < -0.4 is 20.1 Å². The fourth-order valence-corrected chi connectivity index (χ4v) is 4.09. The number of nitrogens with one attached hydrogen (secondary N) is 2. The van der Waals surface area contributed by atoms with E-state index in [2.05, 4.69) is 33.8 Å². The van der Waals surface area contributed by atoms with Crippen molar-refractivity contribution < 1.29 is 18.9 Å². The molecule has 0 atom stereocenters. The summed E-state index contributed by atoms with van der Waals surface area (Å²) in [5.74, 6) is 2.56. The van der Waals surface area contributed by atoms with Gasteiger partial charge in [-0.1, -0.05) is 18.9 Å². The van der Waals surface area contributed by atoms with E-state index in [0.29, 0.717) is 33.0 Å². The lowest BCUT2D eigenvalue weighted by Crippen LogP contribution is -2.45. The standard InChI is InChI=1S/C22H35N3O4.HI/c1-23-21(24-10-5-11-27-13-12-26-2)25-17-22(8-3-4-9-22)18-6-7-19-20(16-18)29-15-14-28-19;/h6-7,16H,3-5,8-15,17H2,1-2H3,(H2,23,24,25);1H. The van der Waals surface area contributed by atoms with E-state index in [0.717, 1.165) is 37.0 Å². The average molecular weight is 533 g/mol. The molecule has 0 amide bonds. The first kappa shape index (κ1) is 25.0. The van der Waals surface area contributed by atoms with Crippen molar-refractivity contribution in [2.75, 3.05) is 60.3 Å². The second kappa shape index (κ2) is 13.2. The second-order valence-corrected chi connectivity index (χ2v) is 7.66. The first-order chi connectivity index (χ1) is 14.3. The van der Waals surface area contributed by atoms with E-state index in [1.807, 2.05) is 7.05 Å². The van der Waals surface area contributed by atoms with Crippen molar-refractivity contribution >= 4 is 29.9 Å². The highest BCUT2D eigenvalue weighted by molar-refractivity contribution is 14.0. The predicted molar refractivity (Wildman–Crippen MR) is 130 cm³/mol. The molecule has 0 saturated heterocycles. The number of halogens is 1. The van der Waals surface area contributed by atoms with Gasteiger partial charge in [-0.2, -0.15) is 0 Å². The third kappa shape index (κ3) is 6.88. The number of guanidine groups is 1. The molecule has 0 radical (unpaired) electrons. The summed E-state index contributed by atoms with van der Waals surface area (Å²) in [6.45, 7) is 4.92. The summed E-state index contributed by atoms with van der Waals surface area (Å²) < 4.78 is 22.0. The van der Waals surface area contributed by atoms with Crippen LogP contribution in [0.1, 0.15) is 37.7 Å². The van der Waals surface area contributed by atoms with Gasteiger partial charge in [0.15, 0.2) is 17.5 Å². The summed E-state index contributed by atoms with van der Waals surface area (Å²) in [4.78, 5) is 4.38. The van der Waals surface area contributed by atoms with Gasteiger partial charge in [0, 0.05) is 39.3 Å². The maximum Gasteiger partial charge on any atom is 0.191 e. The Kier molecular flexibility index (Phi) is 11.0. The van der Waals surface area contributed by atoms with Crippen LogP contribution in [0.2, 0.25) is 0 Å². The van der Waals surface area contributed by atoms with Gasteiger partial charge < -0.3 is 29.6 Å². The first-order valence-corrected chi connectivity index (χ1v) is 10.7. The Balaban J connectivity index is 0.00000320. The van der Waals surface area contributed by atoms with Crippen LogP contribution in [0, 0.1) is 0 Å². The van der Waals surface area contributed by atoms with E-state index in [1.165, 1.54) is 31.2 Å². The van der Waals surface area contributed by atoms with Crippen LogP contribution >= 0.6 is 24.0 Å². The Bertz CT molecular complexity index is 666. The zero-order valence-corrected chi connectivity index (χ0v) is 20.5. The number of aliphatic imine (C=N–C) groups is 1. The van der Waals surface area contributed by atoms with E-state index in [1.54, 1.807) is 7.11 Å². The van der Waals surface area contributed by atoms with E-state index in [-0.39, 0.29) is 29.4 Å². The number of benzene rings is 1. The fraction of sp³-hybridized carbons (Fsp3) is 0.682. The lowest BCUT2D eigenvalue weighted by molar-refractivity contribution is 0.0698. The van der Waals surface area contributed by atoms with Crippen molar-refractivity contribution in [3.8, 4) is 11.5 Å². The number of rotatable bonds is 10. The zero-order valence-electron chi connectivity index (χ0n) is 18.2. The molecule has 0 spiro atoms. The third-order valence-electron chi connectivity index (χ3n) is 5.72. The number of fused-ring (bicyclic) bond motifs is 1. The van der Waals surface area contributed by atoms with Gasteiger partial charge in [0.2, 0.25) is 0 Å². The molecule has 1 heterocycles. The van der Waals surface area contributed by atoms with Crippen molar-refractivity contribution in [3.63, 3.8) is 0 Å². The minimum Gasteiger partial charge on any atom is -0.486 e. The summed E-state index contributed by atoms with van der Waals surface area (Å²) >= 11 is 0. The number of hydrogen-bond acceptors (Lipinski definition) is 5. The number of nitrogens with zero attached hydrogens (tertiary/aromatic N) is 1. The number of hydrogen-bond donors (Lipinski definition) is 2. The molecule has 2 N–H and O–H groups in total. The molecule has 0 bridgehead atoms. The van der Waals surface area contributed by atoms with Crippen LogP contribution in [0.25, 0.3) is 0 Å². The summed E-state index contributed by atoms with van der Waals surface area (Å²) in [6.07, 6.45) is 5.77. The zero-order chi connectivity index (χ0) is 20.4. The van der Waals surface area contributed by atoms with Crippen molar-refractivity contribution in [2.45, 2.75) is 37.5 Å². The molecule has 1 aromatic rings. The number of ether oxygens (including phenoxy) is 4. The maximum atomic E-state index is 5.81. The lowest BCUT2D eigenvalue weighted by Gasteiger charge is -2.32. The molecular formula is C22H36IN3O4. The molecule has 1 aromatic carbocycles. The molecule has 1 aliphatic heterocycles. The van der Waals surface area contributed by atoms with E-state index in [4.69, 9.17) is 18.9 Å². The van der Waals surface area contributed by atoms with Crippen molar-refractivity contribution in [2.24, 2.45) is 4.99 Å². The molecule has 1 saturated carbocycles. The molecule has 0 unspecified atom stereocenters. The molecule has 1 aliphatic carbocycles. The van der Waals surface area contributed by atoms with Crippen molar-refractivity contribution in [1.29, 1.82) is 0 Å². The second-order valence-electron chi connectivity index (χ2n) is 7.66. The molecule has 2 aliphatic rings. The maximum absolute atomic E-state index is 5.81. The topological polar surface area (TPSA) is 73.3 Å². The Morgan fingerprint density at radius 2 is 1.83 bits per heavy atom. The van der Waals surface area contributed by atoms with Gasteiger partial charge in [0.1, 0.15) is 13.2 Å². The molecule has 0 aromatic heterocycles. The highest BCUT2D eigenvalue weighted by Gasteiger charge is 2.36. The molecule has 8 heteroatoms. The van der Waals surface area contributed by atoms with Gasteiger partial charge >= 0.3 is 0 Å². The Hall–Kier alpha value is -1.26. The summed E-state index contributed by atoms with van der Waals surface area (Å²) in [7, 11) is 3.50. The average Bonchev–Trinajstić information content (AvgIpc) is 3.25. The van der Waals surface area contributed by atoms with E-state index < -0.39 is 0 Å². The third-order valence-corrected chi connectivity index (χ3v) is 5.72. The summed E-state index contributed by atoms with van der Waals surface area (Å²) in [6, 6.07) is 6.43. The van der Waals surface area contributed by atoms with Crippen LogP contribution in [-0.2, 0) is 14.9 Å². The lowest BCUT2D eigenvalue weighted by atomic mass is 9.78. The normalized spacial score (nSPS) is 17.3. The molecule has 1 fully saturated rings. The molecule has 3 rings (SSSR count). The largest absolute Gasteiger partial charge is 0.486 e. The molecule has 30 heavy (non-hydrogen) atoms. The quantitative estimate of drug-likeness (QED) is 0.209. The van der Waals surface area contributed by atoms with Crippen LogP contribution in [0.3, 0.4) is 0 Å². The Morgan fingerprint density at radius 3 is 2.57 bits per heavy atom. The Morgan fingerprint density at radius 1 is 1.07 bits per heavy atom. The molecular weight excluding hydrogens is 497 g/mol. The van der Waals surface area contributed by atoms with Crippen LogP contribution in [0.5, 0.6) is 11.5 Å². The van der Waals surface area contributed by atoms with Gasteiger partial charge in [0.05, 0.1) is 13.2 Å². The van der Waals surface area contributed by atoms with Crippen LogP contribution in [-0.4, -0.2) is 66.2 Å². The molecule has 170 valence electrons.